The number of nitro benzene ring substituents is 1. The molecule has 8 heteroatoms. The minimum absolute atomic E-state index is 0.0811. The number of anilines is 1. The van der Waals surface area contributed by atoms with Gasteiger partial charge in [-0.25, -0.2) is 0 Å². The largest absolute Gasteiger partial charge is 0.486 e. The van der Waals surface area contributed by atoms with Crippen molar-refractivity contribution in [2.45, 2.75) is 19.4 Å². The van der Waals surface area contributed by atoms with E-state index in [4.69, 9.17) is 9.47 Å². The number of nitro groups is 1. The minimum atomic E-state index is -0.860. The molecule has 1 aromatic rings. The monoisotopic (exact) mass is 295 g/mol. The summed E-state index contributed by atoms with van der Waals surface area (Å²) in [5.74, 6) is 0.299. The minimum Gasteiger partial charge on any atom is -0.486 e. The first-order valence-corrected chi connectivity index (χ1v) is 6.43. The molecule has 0 spiro atoms. The standard InChI is InChI=1S/C13H17N3O5/c1-13(2,14-3)12(17)15-8-6-10-11(21-5-4-20-10)7-9(8)16(18)19/h6-7,14H,4-5H2,1-3H3,(H,15,17). The van der Waals surface area contributed by atoms with Gasteiger partial charge in [-0.1, -0.05) is 0 Å². The number of carbonyl (C=O) groups is 1. The third-order valence-electron chi connectivity index (χ3n) is 3.30. The van der Waals surface area contributed by atoms with Crippen LogP contribution < -0.4 is 20.1 Å². The number of likely N-dealkylation sites (N-methyl/N-ethyl adjacent to an activating group) is 1. The molecular weight excluding hydrogens is 278 g/mol. The Morgan fingerprint density at radius 3 is 2.38 bits per heavy atom. The fourth-order valence-corrected chi connectivity index (χ4v) is 1.72. The van der Waals surface area contributed by atoms with Crippen molar-refractivity contribution in [2.24, 2.45) is 0 Å². The summed E-state index contributed by atoms with van der Waals surface area (Å²) in [6, 6.07) is 2.67. The van der Waals surface area contributed by atoms with Gasteiger partial charge in [-0.15, -0.1) is 0 Å². The highest BCUT2D eigenvalue weighted by atomic mass is 16.6. The summed E-state index contributed by atoms with van der Waals surface area (Å²) < 4.78 is 10.7. The fourth-order valence-electron chi connectivity index (χ4n) is 1.72. The summed E-state index contributed by atoms with van der Waals surface area (Å²) in [5.41, 5.74) is -1.02. The third-order valence-corrected chi connectivity index (χ3v) is 3.30. The molecule has 0 unspecified atom stereocenters. The Morgan fingerprint density at radius 1 is 1.29 bits per heavy atom. The molecule has 0 atom stereocenters. The molecule has 1 aliphatic heterocycles. The number of fused-ring (bicyclic) bond motifs is 1. The van der Waals surface area contributed by atoms with Gasteiger partial charge in [0.25, 0.3) is 5.69 Å². The van der Waals surface area contributed by atoms with Gasteiger partial charge in [0, 0.05) is 6.07 Å². The molecule has 0 aromatic heterocycles. The Morgan fingerprint density at radius 2 is 1.86 bits per heavy atom. The van der Waals surface area contributed by atoms with Crippen LogP contribution in [-0.4, -0.2) is 36.6 Å². The molecule has 2 rings (SSSR count). The second-order valence-corrected chi connectivity index (χ2v) is 5.10. The summed E-state index contributed by atoms with van der Waals surface area (Å²) >= 11 is 0. The van der Waals surface area contributed by atoms with E-state index in [1.165, 1.54) is 12.1 Å². The van der Waals surface area contributed by atoms with Crippen molar-refractivity contribution < 1.29 is 19.2 Å². The molecule has 21 heavy (non-hydrogen) atoms. The first kappa shape index (κ1) is 15.0. The van der Waals surface area contributed by atoms with Gasteiger partial charge in [0.05, 0.1) is 16.5 Å². The third kappa shape index (κ3) is 3.05. The maximum Gasteiger partial charge on any atom is 0.296 e. The maximum atomic E-state index is 12.1. The number of benzene rings is 1. The molecule has 0 bridgehead atoms. The molecule has 0 saturated heterocycles. The van der Waals surface area contributed by atoms with Gasteiger partial charge in [0.1, 0.15) is 18.9 Å². The van der Waals surface area contributed by atoms with E-state index in [2.05, 4.69) is 10.6 Å². The lowest BCUT2D eigenvalue weighted by Crippen LogP contribution is -2.48. The second kappa shape index (κ2) is 5.57. The summed E-state index contributed by atoms with van der Waals surface area (Å²) in [7, 11) is 1.64. The van der Waals surface area contributed by atoms with Gasteiger partial charge in [0.2, 0.25) is 5.91 Å². The van der Waals surface area contributed by atoms with E-state index < -0.39 is 10.5 Å². The van der Waals surface area contributed by atoms with Crippen LogP contribution in [0.15, 0.2) is 12.1 Å². The molecule has 1 aromatic carbocycles. The molecule has 0 aliphatic carbocycles. The van der Waals surface area contributed by atoms with E-state index in [1.54, 1.807) is 20.9 Å². The zero-order valence-corrected chi connectivity index (χ0v) is 12.1. The smallest absolute Gasteiger partial charge is 0.296 e. The predicted molar refractivity (Wildman–Crippen MR) is 75.9 cm³/mol. The summed E-state index contributed by atoms with van der Waals surface area (Å²) in [6.07, 6.45) is 0. The summed E-state index contributed by atoms with van der Waals surface area (Å²) in [6.45, 7) is 4.04. The van der Waals surface area contributed by atoms with Gasteiger partial charge in [-0.3, -0.25) is 14.9 Å². The zero-order chi connectivity index (χ0) is 15.6. The number of hydrogen-bond acceptors (Lipinski definition) is 6. The average Bonchev–Trinajstić information content (AvgIpc) is 2.46. The van der Waals surface area contributed by atoms with E-state index in [0.29, 0.717) is 24.7 Å². The number of carbonyl (C=O) groups excluding carboxylic acids is 1. The Labute approximate surface area is 121 Å². The van der Waals surface area contributed by atoms with Gasteiger partial charge in [-0.05, 0) is 20.9 Å². The van der Waals surface area contributed by atoms with E-state index in [9.17, 15) is 14.9 Å². The molecule has 1 amide bonds. The number of ether oxygens (including phenoxy) is 2. The first-order chi connectivity index (χ1) is 9.85. The van der Waals surface area contributed by atoms with Gasteiger partial charge >= 0.3 is 0 Å². The van der Waals surface area contributed by atoms with E-state index >= 15 is 0 Å². The summed E-state index contributed by atoms with van der Waals surface area (Å²) in [5, 5.41) is 16.5. The number of amides is 1. The lowest BCUT2D eigenvalue weighted by molar-refractivity contribution is -0.384. The van der Waals surface area contributed by atoms with E-state index in [0.717, 1.165) is 0 Å². The molecule has 114 valence electrons. The Bertz CT molecular complexity index is 585. The summed E-state index contributed by atoms with van der Waals surface area (Å²) in [4.78, 5) is 22.7. The van der Waals surface area contributed by atoms with Crippen molar-refractivity contribution in [1.82, 2.24) is 5.32 Å². The van der Waals surface area contributed by atoms with Crippen molar-refractivity contribution in [2.75, 3.05) is 25.6 Å². The molecule has 0 saturated carbocycles. The van der Waals surface area contributed by atoms with Crippen LogP contribution in [0.25, 0.3) is 0 Å². The predicted octanol–water partition coefficient (Wildman–Crippen LogP) is 1.30. The van der Waals surface area contributed by atoms with E-state index in [-0.39, 0.29) is 17.3 Å². The number of hydrogen-bond donors (Lipinski definition) is 2. The first-order valence-electron chi connectivity index (χ1n) is 6.43. The zero-order valence-electron chi connectivity index (χ0n) is 12.1. The van der Waals surface area contributed by atoms with Crippen LogP contribution in [0.5, 0.6) is 11.5 Å². The quantitative estimate of drug-likeness (QED) is 0.641. The van der Waals surface area contributed by atoms with Crippen LogP contribution in [0.1, 0.15) is 13.8 Å². The molecule has 8 nitrogen and oxygen atoms in total. The van der Waals surface area contributed by atoms with Crippen LogP contribution in [-0.2, 0) is 4.79 Å². The molecule has 0 fully saturated rings. The Kier molecular flexibility index (Phi) is 3.99. The number of nitrogens with zero attached hydrogens (tertiary/aromatic N) is 1. The van der Waals surface area contributed by atoms with Crippen molar-refractivity contribution in [3.05, 3.63) is 22.2 Å². The molecule has 0 radical (unpaired) electrons. The highest BCUT2D eigenvalue weighted by Gasteiger charge is 2.29. The lowest BCUT2D eigenvalue weighted by atomic mass is 10.0. The molecule has 1 heterocycles. The van der Waals surface area contributed by atoms with Crippen molar-refractivity contribution in [1.29, 1.82) is 0 Å². The normalized spacial score (nSPS) is 13.7. The van der Waals surface area contributed by atoms with Gasteiger partial charge < -0.3 is 20.1 Å². The highest BCUT2D eigenvalue weighted by Crippen LogP contribution is 2.39. The number of nitrogens with one attached hydrogen (secondary N) is 2. The average molecular weight is 295 g/mol. The Hall–Kier alpha value is -2.35. The SMILES string of the molecule is CNC(C)(C)C(=O)Nc1cc2c(cc1[N+](=O)[O-])OCCO2. The van der Waals surface area contributed by atoms with Gasteiger partial charge in [-0.2, -0.15) is 0 Å². The molecule has 2 N–H and O–H groups in total. The topological polar surface area (TPSA) is 103 Å². The van der Waals surface area contributed by atoms with Crippen LogP contribution >= 0.6 is 0 Å². The lowest BCUT2D eigenvalue weighted by Gasteiger charge is -2.23. The highest BCUT2D eigenvalue weighted by molar-refractivity contribution is 5.99. The van der Waals surface area contributed by atoms with Gasteiger partial charge in [0.15, 0.2) is 11.5 Å². The van der Waals surface area contributed by atoms with Crippen LogP contribution in [0.2, 0.25) is 0 Å². The van der Waals surface area contributed by atoms with Crippen molar-refractivity contribution in [3.63, 3.8) is 0 Å². The Balaban J connectivity index is 2.38. The van der Waals surface area contributed by atoms with E-state index in [1.807, 2.05) is 0 Å². The van der Waals surface area contributed by atoms with Crippen LogP contribution in [0.4, 0.5) is 11.4 Å². The molecule has 1 aliphatic rings. The van der Waals surface area contributed by atoms with Crippen LogP contribution in [0, 0.1) is 10.1 Å². The van der Waals surface area contributed by atoms with Crippen molar-refractivity contribution in [3.8, 4) is 11.5 Å². The second-order valence-electron chi connectivity index (χ2n) is 5.10. The maximum absolute atomic E-state index is 12.1. The molecular formula is C13H17N3O5. The number of rotatable bonds is 4. The fraction of sp³-hybridized carbons (Fsp3) is 0.462. The van der Waals surface area contributed by atoms with Crippen molar-refractivity contribution >= 4 is 17.3 Å². The van der Waals surface area contributed by atoms with Crippen LogP contribution in [0.3, 0.4) is 0 Å².